The fourth-order valence-corrected chi connectivity index (χ4v) is 8.89. The zero-order valence-electron chi connectivity index (χ0n) is 44.1. The summed E-state index contributed by atoms with van der Waals surface area (Å²) in [5.41, 5.74) is 0. The maximum atomic E-state index is 12.9. The predicted molar refractivity (Wildman–Crippen MR) is 284 cm³/mol. The number of nitrogens with one attached hydrogen (secondary N) is 1. The van der Waals surface area contributed by atoms with E-state index in [0.717, 1.165) is 70.6 Å². The first kappa shape index (κ1) is 64.5. The lowest BCUT2D eigenvalue weighted by atomic mass is 10.0. The van der Waals surface area contributed by atoms with Gasteiger partial charge in [-0.2, -0.15) is 0 Å². The molecular formula is C57H109N2O6P. The molecule has 2 N–H and O–H groups in total. The number of aliphatic hydroxyl groups excluding tert-OH is 1. The molecule has 0 heterocycles. The third kappa shape index (κ3) is 50.3. The standard InChI is InChI=1S/C57H109N2O6P/c1-6-8-10-12-14-16-18-20-22-24-25-26-27-28-29-30-31-32-33-35-36-38-40-42-44-46-48-50-56(60)55(54-65-66(62,63)64-53-52-59(3,4)5)58-57(61)51-49-47-45-43-41-39-37-34-23-21-19-17-15-13-11-9-7-2/h9,11,15,17,21,23,48,50,55-56,60H,6-8,10,12-14,16,18-20,22,24-47,49,51-54H2,1-5H3,(H-,58,61,62,63)/b11-9-,17-15-,23-21-,50-48+. The number of likely N-dealkylation sites (N-methyl/N-ethyl adjacent to an activating group) is 1. The second kappa shape index (κ2) is 48.5. The molecule has 0 aromatic carbocycles. The summed E-state index contributed by atoms with van der Waals surface area (Å²) >= 11 is 0. The minimum absolute atomic E-state index is 0.00410. The Balaban J connectivity index is 4.20. The van der Waals surface area contributed by atoms with Crippen molar-refractivity contribution in [2.45, 2.75) is 270 Å². The predicted octanol–water partition coefficient (Wildman–Crippen LogP) is 16.1. The zero-order chi connectivity index (χ0) is 48.5. The summed E-state index contributed by atoms with van der Waals surface area (Å²) in [6.07, 6.45) is 63.3. The minimum atomic E-state index is -4.60. The second-order valence-corrected chi connectivity index (χ2v) is 21.7. The maximum absolute atomic E-state index is 12.9. The van der Waals surface area contributed by atoms with Crippen LogP contribution in [-0.2, 0) is 18.4 Å². The molecule has 66 heavy (non-hydrogen) atoms. The number of unbranched alkanes of at least 4 members (excludes halogenated alkanes) is 32. The maximum Gasteiger partial charge on any atom is 0.268 e. The van der Waals surface area contributed by atoms with Crippen LogP contribution in [0.3, 0.4) is 0 Å². The lowest BCUT2D eigenvalue weighted by Crippen LogP contribution is -2.45. The van der Waals surface area contributed by atoms with E-state index in [9.17, 15) is 19.4 Å². The van der Waals surface area contributed by atoms with Gasteiger partial charge >= 0.3 is 0 Å². The van der Waals surface area contributed by atoms with Crippen LogP contribution < -0.4 is 10.2 Å². The quantitative estimate of drug-likeness (QED) is 0.0272. The van der Waals surface area contributed by atoms with Gasteiger partial charge in [-0.1, -0.05) is 249 Å². The van der Waals surface area contributed by atoms with Crippen LogP contribution in [0.15, 0.2) is 48.6 Å². The number of hydrogen-bond donors (Lipinski definition) is 2. The van der Waals surface area contributed by atoms with Gasteiger partial charge in [0.2, 0.25) is 5.91 Å². The molecule has 0 aliphatic rings. The summed E-state index contributed by atoms with van der Waals surface area (Å²) in [6.45, 7) is 4.55. The van der Waals surface area contributed by atoms with Crippen LogP contribution in [0.2, 0.25) is 0 Å². The molecule has 3 atom stereocenters. The van der Waals surface area contributed by atoms with E-state index < -0.39 is 20.0 Å². The molecule has 3 unspecified atom stereocenters. The highest BCUT2D eigenvalue weighted by molar-refractivity contribution is 7.45. The molecule has 0 fully saturated rings. The van der Waals surface area contributed by atoms with Gasteiger partial charge in [-0.15, -0.1) is 0 Å². The average molecular weight is 949 g/mol. The largest absolute Gasteiger partial charge is 0.756 e. The van der Waals surface area contributed by atoms with Crippen molar-refractivity contribution in [1.82, 2.24) is 5.32 Å². The first-order valence-electron chi connectivity index (χ1n) is 28.0. The first-order chi connectivity index (χ1) is 32.0. The number of amides is 1. The Morgan fingerprint density at radius 2 is 0.924 bits per heavy atom. The molecule has 0 saturated carbocycles. The van der Waals surface area contributed by atoms with Crippen LogP contribution in [0.1, 0.15) is 258 Å². The van der Waals surface area contributed by atoms with Gasteiger partial charge in [-0.3, -0.25) is 9.36 Å². The summed E-state index contributed by atoms with van der Waals surface area (Å²) in [5, 5.41) is 13.9. The number of phosphoric ester groups is 1. The van der Waals surface area contributed by atoms with E-state index in [-0.39, 0.29) is 19.1 Å². The summed E-state index contributed by atoms with van der Waals surface area (Å²) in [6, 6.07) is -0.893. The van der Waals surface area contributed by atoms with Crippen LogP contribution in [-0.4, -0.2) is 68.5 Å². The fourth-order valence-electron chi connectivity index (χ4n) is 8.17. The SMILES string of the molecule is CC/C=C\C/C=C\C/C=C\CCCCCCCCCC(=O)NC(COP(=O)([O-])OCC[N+](C)(C)C)C(O)/C=C/CCCCCCCCCCCCCCCCCCCCCCCCCCC. The molecule has 0 spiro atoms. The number of hydrogen-bond acceptors (Lipinski definition) is 6. The van der Waals surface area contributed by atoms with Crippen LogP contribution in [0.5, 0.6) is 0 Å². The number of carbonyl (C=O) groups excluding carboxylic acids is 1. The number of aliphatic hydroxyl groups is 1. The van der Waals surface area contributed by atoms with Crippen LogP contribution in [0.25, 0.3) is 0 Å². The highest BCUT2D eigenvalue weighted by atomic mass is 31.2. The smallest absolute Gasteiger partial charge is 0.268 e. The Hall–Kier alpha value is -1.54. The number of phosphoric acid groups is 1. The summed E-state index contributed by atoms with van der Waals surface area (Å²) in [7, 11) is 1.25. The molecule has 0 saturated heterocycles. The average Bonchev–Trinajstić information content (AvgIpc) is 3.28. The second-order valence-electron chi connectivity index (χ2n) is 20.3. The Labute approximate surface area is 409 Å². The van der Waals surface area contributed by atoms with Gasteiger partial charge in [0.05, 0.1) is 39.9 Å². The van der Waals surface area contributed by atoms with Crippen molar-refractivity contribution in [2.24, 2.45) is 0 Å². The zero-order valence-corrected chi connectivity index (χ0v) is 45.0. The van der Waals surface area contributed by atoms with Crippen molar-refractivity contribution >= 4 is 13.7 Å². The monoisotopic (exact) mass is 949 g/mol. The third-order valence-electron chi connectivity index (χ3n) is 12.5. The summed E-state index contributed by atoms with van der Waals surface area (Å²) < 4.78 is 23.3. The van der Waals surface area contributed by atoms with Gasteiger partial charge in [0.1, 0.15) is 13.2 Å². The third-order valence-corrected chi connectivity index (χ3v) is 13.5. The van der Waals surface area contributed by atoms with E-state index in [1.54, 1.807) is 6.08 Å². The van der Waals surface area contributed by atoms with Crippen molar-refractivity contribution in [3.05, 3.63) is 48.6 Å². The van der Waals surface area contributed by atoms with Crippen molar-refractivity contribution < 1.29 is 32.9 Å². The number of quaternary nitrogens is 1. The van der Waals surface area contributed by atoms with Gasteiger partial charge in [0.25, 0.3) is 7.82 Å². The van der Waals surface area contributed by atoms with Gasteiger partial charge in [0, 0.05) is 6.42 Å². The van der Waals surface area contributed by atoms with Crippen molar-refractivity contribution in [3.8, 4) is 0 Å². The molecule has 9 heteroatoms. The van der Waals surface area contributed by atoms with Crippen LogP contribution in [0, 0.1) is 0 Å². The van der Waals surface area contributed by atoms with E-state index in [0.29, 0.717) is 17.4 Å². The molecule has 0 aliphatic heterocycles. The molecule has 0 aromatic heterocycles. The fraction of sp³-hybridized carbons (Fsp3) is 0.842. The van der Waals surface area contributed by atoms with Crippen molar-refractivity contribution in [3.63, 3.8) is 0 Å². The summed E-state index contributed by atoms with van der Waals surface area (Å²) in [4.78, 5) is 25.4. The number of rotatable bonds is 51. The minimum Gasteiger partial charge on any atom is -0.756 e. The molecule has 0 radical (unpaired) electrons. The van der Waals surface area contributed by atoms with E-state index in [2.05, 4.69) is 55.6 Å². The lowest BCUT2D eigenvalue weighted by Gasteiger charge is -2.29. The Morgan fingerprint density at radius 3 is 1.35 bits per heavy atom. The molecule has 0 aliphatic carbocycles. The Morgan fingerprint density at radius 1 is 0.545 bits per heavy atom. The topological polar surface area (TPSA) is 108 Å². The van der Waals surface area contributed by atoms with E-state index in [1.165, 1.54) is 167 Å². The highest BCUT2D eigenvalue weighted by Gasteiger charge is 2.23. The first-order valence-corrected chi connectivity index (χ1v) is 29.5. The number of carbonyl (C=O) groups is 1. The van der Waals surface area contributed by atoms with Gasteiger partial charge in [-0.25, -0.2) is 0 Å². The summed E-state index contributed by atoms with van der Waals surface area (Å²) in [5.74, 6) is -0.206. The van der Waals surface area contributed by atoms with Crippen molar-refractivity contribution in [2.75, 3.05) is 40.9 Å². The van der Waals surface area contributed by atoms with Gasteiger partial charge in [-0.05, 0) is 51.4 Å². The number of allylic oxidation sites excluding steroid dienone is 7. The molecule has 0 aromatic rings. The van der Waals surface area contributed by atoms with Gasteiger partial charge < -0.3 is 28.8 Å². The van der Waals surface area contributed by atoms with Crippen molar-refractivity contribution in [1.29, 1.82) is 0 Å². The molecule has 0 bridgehead atoms. The van der Waals surface area contributed by atoms with Gasteiger partial charge in [0.15, 0.2) is 0 Å². The lowest BCUT2D eigenvalue weighted by molar-refractivity contribution is -0.870. The normalized spacial score (nSPS) is 14.3. The van der Waals surface area contributed by atoms with E-state index in [1.807, 2.05) is 27.2 Å². The molecule has 388 valence electrons. The molecular weight excluding hydrogens is 840 g/mol. The Kier molecular flexibility index (Phi) is 47.4. The van der Waals surface area contributed by atoms with E-state index >= 15 is 0 Å². The van der Waals surface area contributed by atoms with E-state index in [4.69, 9.17) is 9.05 Å². The Bertz CT molecular complexity index is 1210. The molecule has 0 rings (SSSR count). The van der Waals surface area contributed by atoms with Crippen LogP contribution >= 0.6 is 7.82 Å². The van der Waals surface area contributed by atoms with Crippen LogP contribution in [0.4, 0.5) is 0 Å². The highest BCUT2D eigenvalue weighted by Crippen LogP contribution is 2.38. The number of nitrogens with zero attached hydrogens (tertiary/aromatic N) is 1. The molecule has 1 amide bonds. The molecule has 8 nitrogen and oxygen atoms in total.